The maximum absolute atomic E-state index is 9.90. The van der Waals surface area contributed by atoms with Gasteiger partial charge in [0.25, 0.3) is 0 Å². The van der Waals surface area contributed by atoms with Gasteiger partial charge in [-0.05, 0) is 89.9 Å². The van der Waals surface area contributed by atoms with Crippen molar-refractivity contribution in [3.8, 4) is 34.5 Å². The SMILES string of the molecule is CC(C)(C)OC([NH-])=O.CC(C)(C)OC([NH-])=O.CCc1cc(OC)cc(OC)c1.COc1cc(C[CH-]O)cc(OC)c1.COc1cc(C[CH-]O)cc(OC)c1.[CH-]=O.[NH2-].[W].[W].[W].[Y].[Y].[Y]. The summed E-state index contributed by atoms with van der Waals surface area (Å²) in [4.78, 5) is 27.6. The molecular formula is C41H63N3O13W3Y3-6. The van der Waals surface area contributed by atoms with E-state index in [1.165, 1.54) is 5.56 Å². The summed E-state index contributed by atoms with van der Waals surface area (Å²) in [6.45, 7) is 17.9. The molecule has 63 heavy (non-hydrogen) atoms. The van der Waals surface area contributed by atoms with Gasteiger partial charge in [0, 0.05) is 180 Å². The fourth-order valence-corrected chi connectivity index (χ4v) is 3.81. The number of aliphatic hydroxyl groups is 2. The Morgan fingerprint density at radius 3 is 0.810 bits per heavy atom. The van der Waals surface area contributed by atoms with Crippen molar-refractivity contribution >= 4 is 19.0 Å². The van der Waals surface area contributed by atoms with Crippen LogP contribution in [-0.2, 0) is 195 Å². The summed E-state index contributed by atoms with van der Waals surface area (Å²) in [5.74, 6) is 4.64. The molecule has 0 aliphatic carbocycles. The minimum Gasteiger partial charge on any atom is -0.693 e. The molecule has 6 N–H and O–H groups in total. The molecular weight excluding hydrogens is 1560 g/mol. The van der Waals surface area contributed by atoms with Crippen molar-refractivity contribution < 1.29 is 224 Å². The van der Waals surface area contributed by atoms with E-state index in [0.29, 0.717) is 12.8 Å². The molecule has 0 unspecified atom stereocenters. The second-order valence-corrected chi connectivity index (χ2v) is 12.8. The zero-order valence-electron chi connectivity index (χ0n) is 38.5. The first-order chi connectivity index (χ1) is 26.2. The van der Waals surface area contributed by atoms with Crippen molar-refractivity contribution in [1.29, 1.82) is 0 Å². The van der Waals surface area contributed by atoms with Crippen LogP contribution in [0.2, 0.25) is 0 Å². The zero-order valence-corrected chi connectivity index (χ0v) is 55.8. The Morgan fingerprint density at radius 2 is 0.698 bits per heavy atom. The van der Waals surface area contributed by atoms with Crippen molar-refractivity contribution in [3.63, 3.8) is 0 Å². The van der Waals surface area contributed by atoms with Gasteiger partial charge in [-0.1, -0.05) is 18.1 Å². The summed E-state index contributed by atoms with van der Waals surface area (Å²) in [6.07, 6.45) is 0.0318. The Hall–Kier alpha value is -0.0734. The molecule has 22 heteroatoms. The molecule has 0 saturated carbocycles. The van der Waals surface area contributed by atoms with Gasteiger partial charge in [-0.2, -0.15) is 0 Å². The second-order valence-electron chi connectivity index (χ2n) is 12.8. The number of methoxy groups -OCH3 is 6. The Bertz CT molecular complexity index is 1360. The molecule has 0 aliphatic heterocycles. The molecule has 16 nitrogen and oxygen atoms in total. The van der Waals surface area contributed by atoms with Crippen LogP contribution in [-0.4, -0.2) is 83.0 Å². The Labute approximate surface area is 494 Å². The number of nitrogens with two attached hydrogens (primary N) is 1. The average Bonchev–Trinajstić information content (AvgIpc) is 3.14. The number of nitrogens with one attached hydrogen (secondary N) is 2. The number of carbonyl (C=O) groups excluding carboxylic acids is 3. The Morgan fingerprint density at radius 1 is 0.508 bits per heavy atom. The standard InChI is InChI=1S/2C10H13O3.C10H14O2.2C5H11NO2.CHO.H2N.3W.3Y/c2*1-12-9-5-8(3-4-11)6-10(7-9)13-2;1-4-8-5-9(11-2)7-10(6-8)12-3;2*1-5(2,3)8-4(6)7;1-2;;;;;;;/h2*4-7,11H,3H2,1-2H3;5-7H,4H2,1-3H3;2*1-3H3,(H2,6,7);1H;1H2;;;;;;/q2*-1;;;;2*-1;;;;;;/p-2. The van der Waals surface area contributed by atoms with Gasteiger partial charge in [0.1, 0.15) is 45.7 Å². The van der Waals surface area contributed by atoms with Crippen LogP contribution in [0.4, 0.5) is 9.59 Å². The van der Waals surface area contributed by atoms with Gasteiger partial charge in [0.2, 0.25) is 12.2 Å². The summed E-state index contributed by atoms with van der Waals surface area (Å²) in [6, 6.07) is 16.9. The molecule has 3 aromatic carbocycles. The third kappa shape index (κ3) is 51.2. The van der Waals surface area contributed by atoms with Gasteiger partial charge in [0.15, 0.2) is 0 Å². The molecule has 0 spiro atoms. The van der Waals surface area contributed by atoms with E-state index in [1.807, 2.05) is 42.5 Å². The van der Waals surface area contributed by atoms with Gasteiger partial charge in [-0.15, -0.1) is 12.8 Å². The second kappa shape index (κ2) is 51.3. The number of aliphatic hydroxyl groups excluding tert-OH is 2. The maximum atomic E-state index is 9.90. The maximum Gasteiger partial charge on any atom is 0.227 e. The monoisotopic (exact) mass is 1620 g/mol. The van der Waals surface area contributed by atoms with E-state index in [9.17, 15) is 9.59 Å². The van der Waals surface area contributed by atoms with Crippen LogP contribution in [0.1, 0.15) is 65.2 Å². The first kappa shape index (κ1) is 86.1. The molecule has 0 aromatic heterocycles. The third-order valence-electron chi connectivity index (χ3n) is 6.09. The molecule has 3 aromatic rings. The summed E-state index contributed by atoms with van der Waals surface area (Å²) < 4.78 is 39.4. The number of aryl methyl sites for hydroxylation is 1. The van der Waals surface area contributed by atoms with Crippen molar-refractivity contribution in [2.75, 3.05) is 42.7 Å². The largest absolute Gasteiger partial charge is 0.693 e. The first-order valence-corrected chi connectivity index (χ1v) is 16.9. The molecule has 2 amide bonds. The van der Waals surface area contributed by atoms with E-state index < -0.39 is 23.4 Å². The van der Waals surface area contributed by atoms with Crippen LogP contribution in [0.5, 0.6) is 34.5 Å². The molecule has 3 rings (SSSR count). The summed E-state index contributed by atoms with van der Waals surface area (Å²) in [5.41, 5.74) is 14.9. The van der Waals surface area contributed by atoms with Gasteiger partial charge in [-0.3, -0.25) is 16.4 Å². The van der Waals surface area contributed by atoms with Crippen LogP contribution in [0, 0.1) is 13.2 Å². The number of carbonyl (C=O) groups is 2. The smallest absolute Gasteiger partial charge is 0.227 e. The quantitative estimate of drug-likeness (QED) is 0.134. The predicted molar refractivity (Wildman–Crippen MR) is 221 cm³/mol. The third-order valence-corrected chi connectivity index (χ3v) is 6.09. The van der Waals surface area contributed by atoms with Crippen LogP contribution in [0.25, 0.3) is 17.6 Å². The Kier molecular flexibility index (Phi) is 70.2. The van der Waals surface area contributed by atoms with Crippen LogP contribution >= 0.6 is 0 Å². The van der Waals surface area contributed by atoms with Crippen LogP contribution in [0.3, 0.4) is 0 Å². The topological polar surface area (TPSA) is 247 Å². The van der Waals surface area contributed by atoms with Gasteiger partial charge >= 0.3 is 0 Å². The van der Waals surface area contributed by atoms with Crippen LogP contribution < -0.4 is 28.4 Å². The van der Waals surface area contributed by atoms with Crippen molar-refractivity contribution in [2.24, 2.45) is 0 Å². The van der Waals surface area contributed by atoms with Gasteiger partial charge in [0.05, 0.1) is 42.7 Å². The average molecular weight is 1620 g/mol. The van der Waals surface area contributed by atoms with Gasteiger partial charge < -0.3 is 70.5 Å². The summed E-state index contributed by atoms with van der Waals surface area (Å²) >= 11 is 0. The normalized spacial score (nSPS) is 8.68. The molecule has 0 aliphatic rings. The molecule has 0 fully saturated rings. The zero-order chi connectivity index (χ0) is 43.9. The number of hydrogen-bond donors (Lipinski definition) is 2. The fourth-order valence-electron chi connectivity index (χ4n) is 3.81. The predicted octanol–water partition coefficient (Wildman–Crippen LogP) is 10.2. The Balaban J connectivity index is -0.0000000680. The van der Waals surface area contributed by atoms with Gasteiger partial charge in [-0.25, -0.2) is 13.2 Å². The number of hydrogen-bond acceptors (Lipinski definition) is 13. The van der Waals surface area contributed by atoms with E-state index in [-0.39, 0.29) is 167 Å². The molecule has 0 bridgehead atoms. The molecule has 0 saturated heterocycles. The number of rotatable bonds is 11. The fraction of sp³-hybridized carbons (Fsp3) is 0.439. The molecule has 3 radical (unpaired) electrons. The molecule has 0 atom stereocenters. The summed E-state index contributed by atoms with van der Waals surface area (Å²) in [7, 11) is 9.72. The van der Waals surface area contributed by atoms with E-state index in [0.717, 1.165) is 65.3 Å². The number of benzene rings is 3. The first-order valence-electron chi connectivity index (χ1n) is 16.9. The van der Waals surface area contributed by atoms with Crippen LogP contribution in [0.15, 0.2) is 54.6 Å². The van der Waals surface area contributed by atoms with E-state index >= 15 is 0 Å². The van der Waals surface area contributed by atoms with E-state index in [4.69, 9.17) is 54.9 Å². The minimum absolute atomic E-state index is 0. The van der Waals surface area contributed by atoms with E-state index in [1.54, 1.807) is 96.3 Å². The minimum atomic E-state index is -0.975. The molecule has 353 valence electrons. The van der Waals surface area contributed by atoms with Crippen molar-refractivity contribution in [3.05, 3.63) is 102 Å². The van der Waals surface area contributed by atoms with Crippen molar-refractivity contribution in [1.82, 2.24) is 0 Å². The number of ether oxygens (including phenoxy) is 8. The number of amides is 2. The molecule has 0 heterocycles. The van der Waals surface area contributed by atoms with E-state index in [2.05, 4.69) is 23.2 Å². The van der Waals surface area contributed by atoms with Crippen molar-refractivity contribution in [2.45, 2.75) is 78.9 Å². The summed E-state index contributed by atoms with van der Waals surface area (Å²) in [5, 5.41) is 17.3.